The van der Waals surface area contributed by atoms with Crippen LogP contribution in [0.5, 0.6) is 0 Å². The fourth-order valence-electron chi connectivity index (χ4n) is 3.35. The molecule has 0 aromatic heterocycles. The lowest BCUT2D eigenvalue weighted by Crippen LogP contribution is -2.46. The highest BCUT2D eigenvalue weighted by molar-refractivity contribution is 9.09. The second-order valence-electron chi connectivity index (χ2n) is 6.39. The molecule has 3 rings (SSSR count). The Kier molecular flexibility index (Phi) is 7.01. The number of amides is 1. The van der Waals surface area contributed by atoms with E-state index in [9.17, 15) is 4.79 Å². The van der Waals surface area contributed by atoms with Crippen LogP contribution in [0.4, 0.5) is 0 Å². The first-order chi connectivity index (χ1) is 11.8. The third kappa shape index (κ3) is 4.75. The Balaban J connectivity index is 1.36. The van der Waals surface area contributed by atoms with Gasteiger partial charge >= 0.3 is 0 Å². The van der Waals surface area contributed by atoms with Gasteiger partial charge in [0, 0.05) is 48.5 Å². The monoisotopic (exact) mass is 411 g/mol. The van der Waals surface area contributed by atoms with E-state index in [0.29, 0.717) is 6.54 Å². The Morgan fingerprint density at radius 3 is 2.50 bits per heavy atom. The number of carbonyl (C=O) groups excluding carboxylic acids is 1. The van der Waals surface area contributed by atoms with Gasteiger partial charge in [-0.3, -0.25) is 4.79 Å². The van der Waals surface area contributed by atoms with Crippen LogP contribution in [-0.4, -0.2) is 66.1 Å². The van der Waals surface area contributed by atoms with E-state index in [-0.39, 0.29) is 5.91 Å². The molecule has 132 valence electrons. The van der Waals surface area contributed by atoms with Gasteiger partial charge in [0.1, 0.15) is 0 Å². The molecular weight excluding hydrogens is 386 g/mol. The Hall–Kier alpha value is -0.560. The number of alkyl halides is 1. The molecule has 6 heteroatoms. The second kappa shape index (κ2) is 9.22. The Bertz CT molecular complexity index is 561. The molecule has 2 aliphatic rings. The van der Waals surface area contributed by atoms with Crippen molar-refractivity contribution in [3.63, 3.8) is 0 Å². The number of nitrogens with one attached hydrogen (secondary N) is 1. The lowest BCUT2D eigenvalue weighted by Gasteiger charge is -2.34. The zero-order valence-corrected chi connectivity index (χ0v) is 16.5. The molecule has 0 atom stereocenters. The highest BCUT2D eigenvalue weighted by Gasteiger charge is 2.21. The van der Waals surface area contributed by atoms with E-state index in [1.54, 1.807) is 0 Å². The van der Waals surface area contributed by atoms with Gasteiger partial charge in [0.25, 0.3) is 5.91 Å². The summed E-state index contributed by atoms with van der Waals surface area (Å²) in [5.74, 6) is 1.19. The van der Waals surface area contributed by atoms with Crippen molar-refractivity contribution in [1.29, 1.82) is 0 Å². The van der Waals surface area contributed by atoms with Crippen LogP contribution in [0.15, 0.2) is 23.1 Å². The standard InChI is InChI=1S/C18H26BrN3OS/c19-6-2-7-21-9-11-22(12-10-21)8-3-13-24-17-5-1-4-15-16(17)14-20-18(15)23/h1,4-5H,2-3,6-14H2,(H,20,23). The minimum absolute atomic E-state index is 0.0743. The lowest BCUT2D eigenvalue weighted by atomic mass is 10.1. The van der Waals surface area contributed by atoms with Crippen molar-refractivity contribution in [2.24, 2.45) is 0 Å². The van der Waals surface area contributed by atoms with Crippen LogP contribution >= 0.6 is 27.7 Å². The molecule has 0 aliphatic carbocycles. The third-order valence-electron chi connectivity index (χ3n) is 4.75. The van der Waals surface area contributed by atoms with Gasteiger partial charge in [0.2, 0.25) is 0 Å². The van der Waals surface area contributed by atoms with Crippen molar-refractivity contribution < 1.29 is 4.79 Å². The zero-order chi connectivity index (χ0) is 16.8. The molecule has 1 aromatic rings. The van der Waals surface area contributed by atoms with Crippen molar-refractivity contribution in [3.05, 3.63) is 29.3 Å². The Morgan fingerprint density at radius 1 is 1.08 bits per heavy atom. The number of nitrogens with zero attached hydrogens (tertiary/aromatic N) is 2. The summed E-state index contributed by atoms with van der Waals surface area (Å²) in [5.41, 5.74) is 2.05. The minimum Gasteiger partial charge on any atom is -0.348 e. The van der Waals surface area contributed by atoms with E-state index < -0.39 is 0 Å². The quantitative estimate of drug-likeness (QED) is 0.405. The predicted octanol–water partition coefficient (Wildman–Crippen LogP) is 2.81. The van der Waals surface area contributed by atoms with E-state index in [0.717, 1.165) is 16.6 Å². The fraction of sp³-hybridized carbons (Fsp3) is 0.611. The summed E-state index contributed by atoms with van der Waals surface area (Å²) < 4.78 is 0. The summed E-state index contributed by atoms with van der Waals surface area (Å²) in [4.78, 5) is 18.1. The van der Waals surface area contributed by atoms with Crippen LogP contribution < -0.4 is 5.32 Å². The van der Waals surface area contributed by atoms with Crippen molar-refractivity contribution in [1.82, 2.24) is 15.1 Å². The van der Waals surface area contributed by atoms with Crippen LogP contribution in [0.3, 0.4) is 0 Å². The molecule has 1 amide bonds. The number of thioether (sulfide) groups is 1. The summed E-state index contributed by atoms with van der Waals surface area (Å²) >= 11 is 5.40. The predicted molar refractivity (Wildman–Crippen MR) is 104 cm³/mol. The van der Waals surface area contributed by atoms with Gasteiger partial charge in [0.05, 0.1) is 0 Å². The van der Waals surface area contributed by atoms with Crippen LogP contribution in [-0.2, 0) is 6.54 Å². The van der Waals surface area contributed by atoms with Gasteiger partial charge in [-0.25, -0.2) is 0 Å². The van der Waals surface area contributed by atoms with Crippen molar-refractivity contribution in [2.75, 3.05) is 50.4 Å². The van der Waals surface area contributed by atoms with Crippen molar-refractivity contribution >= 4 is 33.6 Å². The fourth-order valence-corrected chi connectivity index (χ4v) is 4.63. The maximum absolute atomic E-state index is 11.7. The smallest absolute Gasteiger partial charge is 0.251 e. The lowest BCUT2D eigenvalue weighted by molar-refractivity contribution is 0.0966. The van der Waals surface area contributed by atoms with E-state index in [4.69, 9.17) is 0 Å². The van der Waals surface area contributed by atoms with Crippen LogP contribution in [0.2, 0.25) is 0 Å². The number of halogens is 1. The van der Waals surface area contributed by atoms with Crippen molar-refractivity contribution in [2.45, 2.75) is 24.3 Å². The van der Waals surface area contributed by atoms with Gasteiger partial charge in [-0.15, -0.1) is 11.8 Å². The van der Waals surface area contributed by atoms with E-state index >= 15 is 0 Å². The van der Waals surface area contributed by atoms with Gasteiger partial charge < -0.3 is 15.1 Å². The van der Waals surface area contributed by atoms with Gasteiger partial charge in [-0.05, 0) is 49.4 Å². The highest BCUT2D eigenvalue weighted by atomic mass is 79.9. The van der Waals surface area contributed by atoms with Crippen molar-refractivity contribution in [3.8, 4) is 0 Å². The molecule has 0 saturated carbocycles. The summed E-state index contributed by atoms with van der Waals surface area (Å²) in [6.07, 6.45) is 2.45. The molecule has 4 nitrogen and oxygen atoms in total. The first kappa shape index (κ1) is 18.2. The Morgan fingerprint density at radius 2 is 1.79 bits per heavy atom. The molecule has 0 spiro atoms. The van der Waals surface area contributed by atoms with E-state index in [1.165, 1.54) is 62.6 Å². The third-order valence-corrected chi connectivity index (χ3v) is 6.50. The minimum atomic E-state index is 0.0743. The molecule has 0 bridgehead atoms. The van der Waals surface area contributed by atoms with Crippen LogP contribution in [0.1, 0.15) is 28.8 Å². The molecule has 1 saturated heterocycles. The molecule has 2 aliphatic heterocycles. The summed E-state index contributed by atoms with van der Waals surface area (Å²) in [5, 5.41) is 4.02. The normalized spacial score (nSPS) is 18.6. The molecule has 2 heterocycles. The molecule has 24 heavy (non-hydrogen) atoms. The molecule has 1 fully saturated rings. The summed E-state index contributed by atoms with van der Waals surface area (Å²) in [6, 6.07) is 6.07. The van der Waals surface area contributed by atoms with E-state index in [1.807, 2.05) is 23.9 Å². The average Bonchev–Trinajstić information content (AvgIpc) is 3.00. The Labute approximate surface area is 157 Å². The molecular formula is C18H26BrN3OS. The molecule has 0 radical (unpaired) electrons. The first-order valence-electron chi connectivity index (χ1n) is 8.81. The maximum atomic E-state index is 11.7. The summed E-state index contributed by atoms with van der Waals surface area (Å²) in [6.45, 7) is 7.92. The number of carbonyl (C=O) groups is 1. The number of fused-ring (bicyclic) bond motifs is 1. The number of piperazine rings is 1. The highest BCUT2D eigenvalue weighted by Crippen LogP contribution is 2.28. The van der Waals surface area contributed by atoms with Gasteiger partial charge in [-0.1, -0.05) is 22.0 Å². The molecule has 1 aromatic carbocycles. The second-order valence-corrected chi connectivity index (χ2v) is 8.32. The number of benzene rings is 1. The molecule has 1 N–H and O–H groups in total. The maximum Gasteiger partial charge on any atom is 0.251 e. The van der Waals surface area contributed by atoms with Crippen LogP contribution in [0, 0.1) is 0 Å². The number of hydrogen-bond acceptors (Lipinski definition) is 4. The summed E-state index contributed by atoms with van der Waals surface area (Å²) in [7, 11) is 0. The average molecular weight is 412 g/mol. The number of rotatable bonds is 8. The number of hydrogen-bond donors (Lipinski definition) is 1. The largest absolute Gasteiger partial charge is 0.348 e. The van der Waals surface area contributed by atoms with Gasteiger partial charge in [0.15, 0.2) is 0 Å². The SMILES string of the molecule is O=C1NCc2c(SCCCN3CCN(CCCBr)CC3)cccc21. The topological polar surface area (TPSA) is 35.6 Å². The van der Waals surface area contributed by atoms with E-state index in [2.05, 4.69) is 37.1 Å². The van der Waals surface area contributed by atoms with Gasteiger partial charge in [-0.2, -0.15) is 0 Å². The van der Waals surface area contributed by atoms with Crippen LogP contribution in [0.25, 0.3) is 0 Å². The zero-order valence-electron chi connectivity index (χ0n) is 14.1. The first-order valence-corrected chi connectivity index (χ1v) is 10.9. The molecule has 0 unspecified atom stereocenters.